The first kappa shape index (κ1) is 10.1. The molecule has 0 atom stereocenters. The molecule has 3 N–H and O–H groups in total. The number of benzene rings is 1. The van der Waals surface area contributed by atoms with Crippen LogP contribution in [0, 0.1) is 6.92 Å². The van der Waals surface area contributed by atoms with Gasteiger partial charge in [-0.15, -0.1) is 0 Å². The van der Waals surface area contributed by atoms with Crippen LogP contribution in [-0.2, 0) is 6.42 Å². The summed E-state index contributed by atoms with van der Waals surface area (Å²) in [6.45, 7) is 2.98. The van der Waals surface area contributed by atoms with Crippen LogP contribution < -0.4 is 11.1 Å². The summed E-state index contributed by atoms with van der Waals surface area (Å²) >= 11 is 0. The van der Waals surface area contributed by atoms with Crippen molar-refractivity contribution in [1.29, 1.82) is 0 Å². The van der Waals surface area contributed by atoms with Gasteiger partial charge in [0.15, 0.2) is 0 Å². The normalized spacial score (nSPS) is 13.2. The van der Waals surface area contributed by atoms with E-state index in [9.17, 15) is 0 Å². The van der Waals surface area contributed by atoms with Crippen molar-refractivity contribution in [3.05, 3.63) is 35.4 Å². The number of nitrogens with one attached hydrogen (secondary N) is 1. The Balaban J connectivity index is 2.17. The standard InChI is InChI=1S/C13H14N4/c1-8-2-4-9(5-3-8)11-10-6-7-15-12(10)17-13(14)16-11/h2-5H,6-7H2,1H3,(H3,14,15,16,17). The first-order chi connectivity index (χ1) is 8.24. The number of aryl methyl sites for hydroxylation is 1. The minimum atomic E-state index is 0.328. The third-order valence-electron chi connectivity index (χ3n) is 3.02. The highest BCUT2D eigenvalue weighted by atomic mass is 15.1. The molecule has 1 aliphatic rings. The van der Waals surface area contributed by atoms with Crippen molar-refractivity contribution in [3.8, 4) is 11.3 Å². The SMILES string of the molecule is Cc1ccc(-c2nc(N)nc3c2CCN3)cc1. The van der Waals surface area contributed by atoms with Crippen molar-refractivity contribution in [2.24, 2.45) is 0 Å². The van der Waals surface area contributed by atoms with E-state index in [1.165, 1.54) is 11.1 Å². The topological polar surface area (TPSA) is 63.8 Å². The molecule has 0 amide bonds. The highest BCUT2D eigenvalue weighted by molar-refractivity contribution is 5.71. The minimum absolute atomic E-state index is 0.328. The van der Waals surface area contributed by atoms with Gasteiger partial charge in [-0.3, -0.25) is 0 Å². The van der Waals surface area contributed by atoms with Gasteiger partial charge in [0, 0.05) is 17.7 Å². The Morgan fingerprint density at radius 1 is 1.18 bits per heavy atom. The highest BCUT2D eigenvalue weighted by Crippen LogP contribution is 2.30. The van der Waals surface area contributed by atoms with E-state index in [1.54, 1.807) is 0 Å². The number of nitrogens with two attached hydrogens (primary N) is 1. The lowest BCUT2D eigenvalue weighted by molar-refractivity contribution is 1.09. The zero-order valence-electron chi connectivity index (χ0n) is 9.70. The van der Waals surface area contributed by atoms with E-state index in [1.807, 2.05) is 0 Å². The zero-order chi connectivity index (χ0) is 11.8. The van der Waals surface area contributed by atoms with Gasteiger partial charge in [0.1, 0.15) is 5.82 Å². The summed E-state index contributed by atoms with van der Waals surface area (Å²) in [5, 5.41) is 3.23. The molecule has 1 aromatic carbocycles. The van der Waals surface area contributed by atoms with Crippen LogP contribution in [0.25, 0.3) is 11.3 Å². The second-order valence-electron chi connectivity index (χ2n) is 4.30. The molecule has 0 saturated carbocycles. The van der Waals surface area contributed by atoms with Gasteiger partial charge in [-0.25, -0.2) is 4.98 Å². The van der Waals surface area contributed by atoms with E-state index in [0.29, 0.717) is 5.95 Å². The Hall–Kier alpha value is -2.10. The lowest BCUT2D eigenvalue weighted by Gasteiger charge is -2.08. The fourth-order valence-electron chi connectivity index (χ4n) is 2.14. The smallest absolute Gasteiger partial charge is 0.222 e. The van der Waals surface area contributed by atoms with Gasteiger partial charge in [0.2, 0.25) is 5.95 Å². The minimum Gasteiger partial charge on any atom is -0.369 e. The maximum Gasteiger partial charge on any atom is 0.222 e. The number of hydrogen-bond acceptors (Lipinski definition) is 4. The third kappa shape index (κ3) is 1.71. The molecular formula is C13H14N4. The monoisotopic (exact) mass is 226 g/mol. The van der Waals surface area contributed by atoms with Crippen molar-refractivity contribution < 1.29 is 0 Å². The molecule has 0 saturated heterocycles. The maximum atomic E-state index is 5.74. The Labute approximate surface area is 99.9 Å². The van der Waals surface area contributed by atoms with Gasteiger partial charge in [-0.05, 0) is 13.3 Å². The van der Waals surface area contributed by atoms with E-state index in [-0.39, 0.29) is 0 Å². The number of nitrogen functional groups attached to an aromatic ring is 1. The summed E-state index contributed by atoms with van der Waals surface area (Å²) in [6, 6.07) is 8.33. The molecule has 0 unspecified atom stereocenters. The molecule has 0 spiro atoms. The number of aromatic nitrogens is 2. The molecular weight excluding hydrogens is 212 g/mol. The van der Waals surface area contributed by atoms with Crippen LogP contribution in [0.15, 0.2) is 24.3 Å². The van der Waals surface area contributed by atoms with E-state index in [4.69, 9.17) is 5.73 Å². The van der Waals surface area contributed by atoms with Gasteiger partial charge in [0.05, 0.1) is 5.69 Å². The van der Waals surface area contributed by atoms with Crippen LogP contribution in [0.4, 0.5) is 11.8 Å². The molecule has 2 aromatic rings. The highest BCUT2D eigenvalue weighted by Gasteiger charge is 2.18. The van der Waals surface area contributed by atoms with E-state index < -0.39 is 0 Å². The molecule has 0 aliphatic carbocycles. The first-order valence-electron chi connectivity index (χ1n) is 5.71. The van der Waals surface area contributed by atoms with Crippen molar-refractivity contribution in [1.82, 2.24) is 9.97 Å². The van der Waals surface area contributed by atoms with Gasteiger partial charge < -0.3 is 11.1 Å². The van der Waals surface area contributed by atoms with Crippen molar-refractivity contribution >= 4 is 11.8 Å². The predicted octanol–water partition coefficient (Wildman–Crippen LogP) is 2.00. The van der Waals surface area contributed by atoms with Crippen molar-refractivity contribution in [2.45, 2.75) is 13.3 Å². The van der Waals surface area contributed by atoms with E-state index in [0.717, 1.165) is 30.0 Å². The van der Waals surface area contributed by atoms with Crippen LogP contribution in [0.1, 0.15) is 11.1 Å². The summed E-state index contributed by atoms with van der Waals surface area (Å²) in [5.41, 5.74) is 10.2. The van der Waals surface area contributed by atoms with Gasteiger partial charge >= 0.3 is 0 Å². The van der Waals surface area contributed by atoms with E-state index in [2.05, 4.69) is 46.5 Å². The zero-order valence-corrected chi connectivity index (χ0v) is 9.70. The molecule has 17 heavy (non-hydrogen) atoms. The van der Waals surface area contributed by atoms with Gasteiger partial charge in [-0.1, -0.05) is 29.8 Å². The van der Waals surface area contributed by atoms with E-state index >= 15 is 0 Å². The molecule has 1 aromatic heterocycles. The number of rotatable bonds is 1. The molecule has 86 valence electrons. The second kappa shape index (κ2) is 3.73. The van der Waals surface area contributed by atoms with Crippen LogP contribution >= 0.6 is 0 Å². The number of hydrogen-bond donors (Lipinski definition) is 2. The Morgan fingerprint density at radius 3 is 2.71 bits per heavy atom. The quantitative estimate of drug-likeness (QED) is 0.780. The Kier molecular flexibility index (Phi) is 2.21. The molecule has 0 fully saturated rings. The van der Waals surface area contributed by atoms with Crippen LogP contribution in [0.5, 0.6) is 0 Å². The number of fused-ring (bicyclic) bond motifs is 1. The van der Waals surface area contributed by atoms with Crippen molar-refractivity contribution in [2.75, 3.05) is 17.6 Å². The second-order valence-corrected chi connectivity index (χ2v) is 4.30. The summed E-state index contributed by atoms with van der Waals surface area (Å²) in [7, 11) is 0. The molecule has 0 radical (unpaired) electrons. The third-order valence-corrected chi connectivity index (χ3v) is 3.02. The molecule has 2 heterocycles. The summed E-state index contributed by atoms with van der Waals surface area (Å²) < 4.78 is 0. The largest absolute Gasteiger partial charge is 0.369 e. The fraction of sp³-hybridized carbons (Fsp3) is 0.231. The fourth-order valence-corrected chi connectivity index (χ4v) is 2.14. The van der Waals surface area contributed by atoms with Gasteiger partial charge in [-0.2, -0.15) is 4.98 Å². The average molecular weight is 226 g/mol. The predicted molar refractivity (Wildman–Crippen MR) is 68.8 cm³/mol. The summed E-state index contributed by atoms with van der Waals surface area (Å²) in [5.74, 6) is 1.21. The maximum absolute atomic E-state index is 5.74. The van der Waals surface area contributed by atoms with Crippen LogP contribution in [0.3, 0.4) is 0 Å². The molecule has 4 nitrogen and oxygen atoms in total. The van der Waals surface area contributed by atoms with Crippen LogP contribution in [-0.4, -0.2) is 16.5 Å². The number of nitrogens with zero attached hydrogens (tertiary/aromatic N) is 2. The lowest BCUT2D eigenvalue weighted by atomic mass is 10.0. The van der Waals surface area contributed by atoms with Crippen molar-refractivity contribution in [3.63, 3.8) is 0 Å². The molecule has 4 heteroatoms. The molecule has 3 rings (SSSR count). The average Bonchev–Trinajstić information content (AvgIpc) is 2.77. The summed E-state index contributed by atoms with van der Waals surface area (Å²) in [6.07, 6.45) is 0.957. The molecule has 0 bridgehead atoms. The molecule has 1 aliphatic heterocycles. The number of anilines is 2. The van der Waals surface area contributed by atoms with Gasteiger partial charge in [0.25, 0.3) is 0 Å². The summed E-state index contributed by atoms with van der Waals surface area (Å²) in [4.78, 5) is 8.58. The first-order valence-corrected chi connectivity index (χ1v) is 5.71. The van der Waals surface area contributed by atoms with Crippen LogP contribution in [0.2, 0.25) is 0 Å². The Morgan fingerprint density at radius 2 is 1.94 bits per heavy atom. The Bertz CT molecular complexity index is 560. The lowest BCUT2D eigenvalue weighted by Crippen LogP contribution is -2.01.